The number of aryl methyl sites for hydroxylation is 2. The summed E-state index contributed by atoms with van der Waals surface area (Å²) in [5, 5.41) is 10.7. The highest BCUT2D eigenvalue weighted by atomic mass is 32.1. The van der Waals surface area contributed by atoms with Crippen molar-refractivity contribution in [1.29, 1.82) is 5.41 Å². The zero-order chi connectivity index (χ0) is 28.0. The van der Waals surface area contributed by atoms with E-state index in [0.717, 1.165) is 36.1 Å². The van der Waals surface area contributed by atoms with Gasteiger partial charge in [-0.3, -0.25) is 10.4 Å². The van der Waals surface area contributed by atoms with E-state index in [1.807, 2.05) is 17.4 Å². The molecule has 0 saturated heterocycles. The third-order valence-corrected chi connectivity index (χ3v) is 9.36. The minimum Gasteiger partial charge on any atom is -0.395 e. The maximum Gasteiger partial charge on any atom is 0.430 e. The molecule has 3 heterocycles. The molecule has 3 nitrogen and oxygen atoms in total. The van der Waals surface area contributed by atoms with Gasteiger partial charge in [-0.05, 0) is 84.0 Å². The van der Waals surface area contributed by atoms with Crippen LogP contribution in [0.3, 0.4) is 0 Å². The molecule has 0 fully saturated rings. The summed E-state index contributed by atoms with van der Waals surface area (Å²) in [6, 6.07) is 10.5. The monoisotopic (exact) mass is 571 g/mol. The molecule has 0 saturated carbocycles. The summed E-state index contributed by atoms with van der Waals surface area (Å²) in [4.78, 5) is 6.70. The molecule has 1 aromatic carbocycles. The van der Waals surface area contributed by atoms with Crippen LogP contribution in [0.15, 0.2) is 48.3 Å². The molecule has 0 unspecified atom stereocenters. The fourth-order valence-corrected chi connectivity index (χ4v) is 7.23. The van der Waals surface area contributed by atoms with Crippen molar-refractivity contribution in [2.75, 3.05) is 0 Å². The lowest BCUT2D eigenvalue weighted by Crippen LogP contribution is -2.20. The molecule has 0 aliphatic heterocycles. The standard InChI is InChI=1S/C31H36F3N3S2/c1-3-5-7-9-11-22-15-21-17-28-24(18-27(21)38-22)23(12-10-8-6-4-2)30(39-28)20-13-14-37-26(16-20)25(35)19-29(36)31(32,33)34/h13-19,35H,3-12,36H2,1-2H3/b29-19-,35-25?. The number of alkyl halides is 3. The lowest BCUT2D eigenvalue weighted by molar-refractivity contribution is -0.0925. The fourth-order valence-electron chi connectivity index (χ4n) is 4.82. The van der Waals surface area contributed by atoms with Gasteiger partial charge < -0.3 is 5.73 Å². The van der Waals surface area contributed by atoms with Crippen LogP contribution in [0, 0.1) is 5.41 Å². The molecular weight excluding hydrogens is 535 g/mol. The van der Waals surface area contributed by atoms with E-state index in [-0.39, 0.29) is 11.4 Å². The van der Waals surface area contributed by atoms with Gasteiger partial charge in [0, 0.05) is 25.4 Å². The number of nitrogens with one attached hydrogen (secondary N) is 1. The fraction of sp³-hybridized carbons (Fsp3) is 0.419. The Kier molecular flexibility index (Phi) is 9.83. The van der Waals surface area contributed by atoms with E-state index in [1.165, 1.54) is 69.1 Å². The second-order valence-corrected chi connectivity index (χ2v) is 12.3. The molecular formula is C31H36F3N3S2. The third kappa shape index (κ3) is 7.28. The van der Waals surface area contributed by atoms with Gasteiger partial charge >= 0.3 is 6.18 Å². The number of unbranched alkanes of at least 4 members (excludes halogenated alkanes) is 6. The van der Waals surface area contributed by atoms with Crippen molar-refractivity contribution in [1.82, 2.24) is 4.98 Å². The lowest BCUT2D eigenvalue weighted by atomic mass is 9.99. The van der Waals surface area contributed by atoms with Crippen molar-refractivity contribution in [3.8, 4) is 10.4 Å². The number of allylic oxidation sites excluding steroid dienone is 2. The Bertz CT molecular complexity index is 1460. The van der Waals surface area contributed by atoms with Crippen molar-refractivity contribution >= 4 is 48.6 Å². The zero-order valence-electron chi connectivity index (χ0n) is 22.6. The van der Waals surface area contributed by atoms with Gasteiger partial charge in [0.2, 0.25) is 0 Å². The second kappa shape index (κ2) is 13.1. The molecule has 0 radical (unpaired) electrons. The van der Waals surface area contributed by atoms with E-state index >= 15 is 0 Å². The maximum atomic E-state index is 12.9. The predicted molar refractivity (Wildman–Crippen MR) is 161 cm³/mol. The molecule has 39 heavy (non-hydrogen) atoms. The van der Waals surface area contributed by atoms with Crippen LogP contribution in [0.4, 0.5) is 13.2 Å². The maximum absolute atomic E-state index is 12.9. The Hall–Kier alpha value is -2.71. The molecule has 0 atom stereocenters. The number of hydrogen-bond acceptors (Lipinski definition) is 5. The number of rotatable bonds is 13. The largest absolute Gasteiger partial charge is 0.430 e. The molecule has 0 bridgehead atoms. The number of pyridine rings is 1. The molecule has 4 aromatic rings. The molecule has 4 rings (SSSR count). The number of benzene rings is 1. The number of fused-ring (bicyclic) bond motifs is 2. The Morgan fingerprint density at radius 1 is 0.923 bits per heavy atom. The highest BCUT2D eigenvalue weighted by Gasteiger charge is 2.31. The van der Waals surface area contributed by atoms with Crippen LogP contribution in [0.5, 0.6) is 0 Å². The molecule has 3 aromatic heterocycles. The Labute approximate surface area is 236 Å². The van der Waals surface area contributed by atoms with Gasteiger partial charge in [-0.2, -0.15) is 13.2 Å². The topological polar surface area (TPSA) is 62.8 Å². The van der Waals surface area contributed by atoms with Crippen molar-refractivity contribution in [3.63, 3.8) is 0 Å². The van der Waals surface area contributed by atoms with Crippen LogP contribution in [0.2, 0.25) is 0 Å². The van der Waals surface area contributed by atoms with Crippen molar-refractivity contribution in [3.05, 3.63) is 64.4 Å². The van der Waals surface area contributed by atoms with E-state index < -0.39 is 11.9 Å². The summed E-state index contributed by atoms with van der Waals surface area (Å²) in [5.74, 6) is 0. The highest BCUT2D eigenvalue weighted by Crippen LogP contribution is 2.43. The van der Waals surface area contributed by atoms with E-state index in [9.17, 15) is 13.2 Å². The number of halogens is 3. The first-order valence-corrected chi connectivity index (χ1v) is 15.4. The van der Waals surface area contributed by atoms with E-state index in [1.54, 1.807) is 23.6 Å². The average molecular weight is 572 g/mol. The zero-order valence-corrected chi connectivity index (χ0v) is 24.2. The van der Waals surface area contributed by atoms with Gasteiger partial charge in [0.15, 0.2) is 0 Å². The first-order valence-electron chi connectivity index (χ1n) is 13.8. The van der Waals surface area contributed by atoms with Crippen LogP contribution in [-0.2, 0) is 12.8 Å². The molecule has 0 aliphatic carbocycles. The van der Waals surface area contributed by atoms with E-state index in [0.29, 0.717) is 6.08 Å². The normalized spacial score (nSPS) is 12.6. The van der Waals surface area contributed by atoms with Crippen molar-refractivity contribution in [2.45, 2.75) is 84.2 Å². The van der Waals surface area contributed by atoms with E-state index in [4.69, 9.17) is 11.1 Å². The SMILES string of the molecule is CCCCCCc1cc2cc3sc(-c4ccnc(C(=N)/C=C(\N)C(F)(F)F)c4)c(CCCCCC)c3cc2s1. The number of hydrogen-bond donors (Lipinski definition) is 2. The summed E-state index contributed by atoms with van der Waals surface area (Å²) in [6.07, 6.45) is 9.20. The number of nitrogens with zero attached hydrogens (tertiary/aromatic N) is 1. The van der Waals surface area contributed by atoms with Gasteiger partial charge in [0.1, 0.15) is 5.70 Å². The Balaban J connectivity index is 1.71. The van der Waals surface area contributed by atoms with Crippen molar-refractivity contribution in [2.24, 2.45) is 5.73 Å². The lowest BCUT2D eigenvalue weighted by Gasteiger charge is -2.08. The van der Waals surface area contributed by atoms with Gasteiger partial charge in [-0.15, -0.1) is 22.7 Å². The first-order chi connectivity index (χ1) is 18.7. The molecule has 8 heteroatoms. The van der Waals surface area contributed by atoms with Gasteiger partial charge in [-0.25, -0.2) is 0 Å². The summed E-state index contributed by atoms with van der Waals surface area (Å²) in [7, 11) is 0. The van der Waals surface area contributed by atoms with Gasteiger partial charge in [0.25, 0.3) is 0 Å². The third-order valence-electron chi connectivity index (χ3n) is 6.96. The molecule has 208 valence electrons. The van der Waals surface area contributed by atoms with Crippen LogP contribution < -0.4 is 5.73 Å². The summed E-state index contributed by atoms with van der Waals surface area (Å²) in [6.45, 7) is 4.43. The number of nitrogens with two attached hydrogens (primary N) is 1. The van der Waals surface area contributed by atoms with Crippen LogP contribution >= 0.6 is 22.7 Å². The molecule has 0 amide bonds. The van der Waals surface area contributed by atoms with Gasteiger partial charge in [-0.1, -0.05) is 52.4 Å². The number of aromatic nitrogens is 1. The predicted octanol–water partition coefficient (Wildman–Crippen LogP) is 10.2. The first kappa shape index (κ1) is 29.3. The minimum absolute atomic E-state index is 0.169. The smallest absolute Gasteiger partial charge is 0.395 e. The Morgan fingerprint density at radius 3 is 2.33 bits per heavy atom. The second-order valence-electron chi connectivity index (χ2n) is 10.1. The quantitative estimate of drug-likeness (QED) is 0.124. The minimum atomic E-state index is -4.68. The van der Waals surface area contributed by atoms with Gasteiger partial charge in [0.05, 0.1) is 11.4 Å². The molecule has 0 spiro atoms. The average Bonchev–Trinajstić information content (AvgIpc) is 3.47. The van der Waals surface area contributed by atoms with Crippen LogP contribution in [-0.4, -0.2) is 16.9 Å². The van der Waals surface area contributed by atoms with E-state index in [2.05, 4.69) is 37.0 Å². The summed E-state index contributed by atoms with van der Waals surface area (Å²) >= 11 is 3.60. The number of thiophene rings is 2. The van der Waals surface area contributed by atoms with Crippen LogP contribution in [0.25, 0.3) is 30.6 Å². The summed E-state index contributed by atoms with van der Waals surface area (Å²) in [5.41, 5.74) is 5.81. The Morgan fingerprint density at radius 2 is 1.64 bits per heavy atom. The van der Waals surface area contributed by atoms with Crippen LogP contribution in [0.1, 0.15) is 81.3 Å². The van der Waals surface area contributed by atoms with Crippen molar-refractivity contribution < 1.29 is 13.2 Å². The summed E-state index contributed by atoms with van der Waals surface area (Å²) < 4.78 is 41.3. The molecule has 0 aliphatic rings. The highest BCUT2D eigenvalue weighted by molar-refractivity contribution is 7.23. The molecule has 3 N–H and O–H groups in total.